The lowest BCUT2D eigenvalue weighted by atomic mass is 9.66. The molecule has 0 saturated carbocycles. The average Bonchev–Trinajstić information content (AvgIpc) is 3.86. The molecule has 3 aliphatic rings. The normalized spacial score (nSPS) is 13.7. The van der Waals surface area contributed by atoms with Crippen LogP contribution in [0.1, 0.15) is 44.5 Å². The fraction of sp³-hybridized carbons (Fsp3) is 0.0968. The standard InChI is InChI=1S/C35H26O2.C27H20O3/c1-36-29-17-13-23-19-27(15-11-25(23)21-29)35(28-16-12-26-22-30(37-2)18-14-24(26)20-28)33-9-5-3-7-31(33)32-8-4-6-10-34(32)35;1-28-17-11-13-23-25(15-17)30-26-16-18(29-2)12-14-24(26)27(23)21-9-5-3-7-19(21)20-8-4-6-10-22(20)27/h3-22H,1-2H3;3-16H,1-2H3. The van der Waals surface area contributed by atoms with Gasteiger partial charge in [0, 0.05) is 23.3 Å². The lowest BCUT2D eigenvalue weighted by molar-refractivity contribution is 0.392. The molecule has 1 heterocycles. The first-order valence-corrected chi connectivity index (χ1v) is 22.6. The van der Waals surface area contributed by atoms with Gasteiger partial charge in [-0.05, 0) is 126 Å². The molecule has 10 aromatic rings. The zero-order chi connectivity index (χ0) is 45.3. The molecule has 0 N–H and O–H groups in total. The summed E-state index contributed by atoms with van der Waals surface area (Å²) in [5, 5.41) is 4.74. The van der Waals surface area contributed by atoms with Crippen molar-refractivity contribution in [3.05, 3.63) is 251 Å². The van der Waals surface area contributed by atoms with Crippen molar-refractivity contribution in [3.63, 3.8) is 0 Å². The van der Waals surface area contributed by atoms with E-state index in [9.17, 15) is 0 Å². The van der Waals surface area contributed by atoms with Crippen LogP contribution in [0, 0.1) is 0 Å². The van der Waals surface area contributed by atoms with Crippen LogP contribution in [-0.4, -0.2) is 28.4 Å². The van der Waals surface area contributed by atoms with Gasteiger partial charge in [0.1, 0.15) is 34.5 Å². The third-order valence-electron chi connectivity index (χ3n) is 14.3. The fourth-order valence-electron chi connectivity index (χ4n) is 11.3. The van der Waals surface area contributed by atoms with Crippen LogP contribution in [0.2, 0.25) is 0 Å². The van der Waals surface area contributed by atoms with E-state index in [1.807, 2.05) is 36.4 Å². The molecule has 0 unspecified atom stereocenters. The van der Waals surface area contributed by atoms with E-state index in [2.05, 4.69) is 170 Å². The van der Waals surface area contributed by atoms with Crippen molar-refractivity contribution in [2.45, 2.75) is 10.8 Å². The third-order valence-corrected chi connectivity index (χ3v) is 14.3. The average molecular weight is 871 g/mol. The minimum absolute atomic E-state index is 0.435. The summed E-state index contributed by atoms with van der Waals surface area (Å²) in [6.45, 7) is 0. The van der Waals surface area contributed by atoms with Crippen LogP contribution in [0.5, 0.6) is 34.5 Å². The Hall–Kier alpha value is -8.28. The number of hydrogen-bond donors (Lipinski definition) is 0. The molecule has 0 amide bonds. The lowest BCUT2D eigenvalue weighted by Gasteiger charge is -2.39. The van der Waals surface area contributed by atoms with E-state index in [4.69, 9.17) is 23.7 Å². The first-order valence-electron chi connectivity index (χ1n) is 22.6. The Bertz CT molecular complexity index is 3350. The van der Waals surface area contributed by atoms with Gasteiger partial charge in [0.05, 0.1) is 39.3 Å². The van der Waals surface area contributed by atoms with E-state index in [0.717, 1.165) is 45.6 Å². The highest BCUT2D eigenvalue weighted by Crippen LogP contribution is 2.63. The van der Waals surface area contributed by atoms with Gasteiger partial charge in [-0.2, -0.15) is 0 Å². The van der Waals surface area contributed by atoms with Gasteiger partial charge in [0.25, 0.3) is 0 Å². The molecule has 0 radical (unpaired) electrons. The highest BCUT2D eigenvalue weighted by molar-refractivity contribution is 5.93. The monoisotopic (exact) mass is 870 g/mol. The van der Waals surface area contributed by atoms with E-state index >= 15 is 0 Å². The van der Waals surface area contributed by atoms with Crippen molar-refractivity contribution in [2.24, 2.45) is 0 Å². The molecule has 67 heavy (non-hydrogen) atoms. The van der Waals surface area contributed by atoms with Crippen molar-refractivity contribution in [1.29, 1.82) is 0 Å². The Labute approximate surface area is 390 Å². The Kier molecular flexibility index (Phi) is 9.44. The van der Waals surface area contributed by atoms with Gasteiger partial charge in [-0.1, -0.05) is 146 Å². The van der Waals surface area contributed by atoms with Crippen LogP contribution in [0.15, 0.2) is 206 Å². The van der Waals surface area contributed by atoms with Crippen LogP contribution >= 0.6 is 0 Å². The third kappa shape index (κ3) is 5.94. The minimum atomic E-state index is -0.450. The smallest absolute Gasteiger partial charge is 0.135 e. The molecule has 1 aliphatic heterocycles. The Morgan fingerprint density at radius 2 is 0.597 bits per heavy atom. The maximum absolute atomic E-state index is 6.42. The van der Waals surface area contributed by atoms with E-state index < -0.39 is 10.8 Å². The molecule has 0 atom stereocenters. The number of ether oxygens (including phenoxy) is 5. The second-order valence-corrected chi connectivity index (χ2v) is 17.4. The zero-order valence-corrected chi connectivity index (χ0v) is 37.7. The van der Waals surface area contributed by atoms with Gasteiger partial charge in [0.2, 0.25) is 0 Å². The van der Waals surface area contributed by atoms with Gasteiger partial charge in [-0.3, -0.25) is 0 Å². The Morgan fingerprint density at radius 1 is 0.284 bits per heavy atom. The second-order valence-electron chi connectivity index (χ2n) is 17.4. The highest BCUT2D eigenvalue weighted by Gasteiger charge is 2.51. The Balaban J connectivity index is 0.000000143. The summed E-state index contributed by atoms with van der Waals surface area (Å²) in [4.78, 5) is 0. The molecular weight excluding hydrogens is 825 g/mol. The van der Waals surface area contributed by atoms with Gasteiger partial charge < -0.3 is 23.7 Å². The number of fused-ring (bicyclic) bond motifs is 14. The van der Waals surface area contributed by atoms with Gasteiger partial charge >= 0.3 is 0 Å². The molecule has 10 aromatic carbocycles. The highest BCUT2D eigenvalue weighted by atomic mass is 16.5. The number of benzene rings is 10. The summed E-state index contributed by atoms with van der Waals surface area (Å²) in [5.74, 6) is 4.90. The maximum atomic E-state index is 6.42. The van der Waals surface area contributed by atoms with Crippen LogP contribution in [0.4, 0.5) is 0 Å². The molecule has 324 valence electrons. The fourth-order valence-corrected chi connectivity index (χ4v) is 11.3. The molecule has 0 bridgehead atoms. The molecule has 5 heteroatoms. The minimum Gasteiger partial charge on any atom is -0.497 e. The first kappa shape index (κ1) is 40.2. The summed E-state index contributed by atoms with van der Waals surface area (Å²) < 4.78 is 28.4. The van der Waals surface area contributed by atoms with Crippen LogP contribution < -0.4 is 23.7 Å². The van der Waals surface area contributed by atoms with Crippen molar-refractivity contribution >= 4 is 21.5 Å². The SMILES string of the molecule is COc1ccc2c(c1)Oc1cc(OC)ccc1C21c2ccccc2-c2ccccc21.COc1ccc2cc(C3(c4ccc5cc(OC)ccc5c4)c4ccccc4-c4ccccc43)ccc2c1. The summed E-state index contributed by atoms with van der Waals surface area (Å²) in [5.41, 5.74) is 14.2. The summed E-state index contributed by atoms with van der Waals surface area (Å²) in [6, 6.07) is 73.7. The summed E-state index contributed by atoms with van der Waals surface area (Å²) in [7, 11) is 6.79. The van der Waals surface area contributed by atoms with Crippen LogP contribution in [0.25, 0.3) is 43.8 Å². The predicted molar refractivity (Wildman–Crippen MR) is 269 cm³/mol. The Morgan fingerprint density at radius 3 is 0.985 bits per heavy atom. The molecule has 0 aromatic heterocycles. The van der Waals surface area contributed by atoms with E-state index in [1.54, 1.807) is 28.4 Å². The first-order chi connectivity index (χ1) is 33.0. The number of methoxy groups -OCH3 is 4. The largest absolute Gasteiger partial charge is 0.497 e. The quantitative estimate of drug-likeness (QED) is 0.167. The molecule has 1 spiro atoms. The lowest BCUT2D eigenvalue weighted by Crippen LogP contribution is -2.32. The molecule has 0 saturated heterocycles. The molecule has 0 fully saturated rings. The van der Waals surface area contributed by atoms with E-state index in [1.165, 1.54) is 77.2 Å². The van der Waals surface area contributed by atoms with Crippen LogP contribution in [-0.2, 0) is 10.8 Å². The van der Waals surface area contributed by atoms with Crippen molar-refractivity contribution < 1.29 is 23.7 Å². The van der Waals surface area contributed by atoms with Gasteiger partial charge in [0.15, 0.2) is 0 Å². The predicted octanol–water partition coefficient (Wildman–Crippen LogP) is 14.5. The topological polar surface area (TPSA) is 46.2 Å². The molecule has 13 rings (SSSR count). The molecule has 2 aliphatic carbocycles. The molecular formula is C62H46O5. The van der Waals surface area contributed by atoms with Crippen molar-refractivity contribution in [2.75, 3.05) is 28.4 Å². The van der Waals surface area contributed by atoms with E-state index in [-0.39, 0.29) is 0 Å². The van der Waals surface area contributed by atoms with Crippen molar-refractivity contribution in [1.82, 2.24) is 0 Å². The van der Waals surface area contributed by atoms with Gasteiger partial charge in [-0.25, -0.2) is 0 Å². The number of hydrogen-bond acceptors (Lipinski definition) is 5. The second kappa shape index (κ2) is 15.7. The molecule has 5 nitrogen and oxygen atoms in total. The van der Waals surface area contributed by atoms with E-state index in [0.29, 0.717) is 0 Å². The van der Waals surface area contributed by atoms with Gasteiger partial charge in [-0.15, -0.1) is 0 Å². The summed E-state index contributed by atoms with van der Waals surface area (Å²) >= 11 is 0. The maximum Gasteiger partial charge on any atom is 0.135 e. The van der Waals surface area contributed by atoms with Crippen molar-refractivity contribution in [3.8, 4) is 56.8 Å². The zero-order valence-electron chi connectivity index (χ0n) is 37.7. The number of rotatable bonds is 6. The summed E-state index contributed by atoms with van der Waals surface area (Å²) in [6.07, 6.45) is 0. The van der Waals surface area contributed by atoms with Crippen LogP contribution in [0.3, 0.4) is 0 Å².